The second kappa shape index (κ2) is 7.41. The number of rotatable bonds is 5. The average Bonchev–Trinajstić information content (AvgIpc) is 2.47. The van der Waals surface area contributed by atoms with Gasteiger partial charge in [-0.25, -0.2) is 0 Å². The van der Waals surface area contributed by atoms with Gasteiger partial charge in [-0.1, -0.05) is 32.9 Å². The Kier molecular flexibility index (Phi) is 5.85. The van der Waals surface area contributed by atoms with Crippen LogP contribution in [0.2, 0.25) is 0 Å². The van der Waals surface area contributed by atoms with Crippen LogP contribution in [-0.4, -0.2) is 33.9 Å². The standard InChI is InChI=1S/C16H22O2S2/c1-4-9-18-14-8-6-5-7-13(14)16(17)15-10-19-11(2)12(3)20-15/h5-8,11-12,15H,4,9-10H2,1-3H3. The summed E-state index contributed by atoms with van der Waals surface area (Å²) in [5.74, 6) is 1.85. The Bertz CT molecular complexity index is 462. The lowest BCUT2D eigenvalue weighted by atomic mass is 10.1. The molecule has 1 saturated heterocycles. The van der Waals surface area contributed by atoms with Gasteiger partial charge in [0.05, 0.1) is 17.4 Å². The van der Waals surface area contributed by atoms with Gasteiger partial charge in [0.2, 0.25) is 0 Å². The van der Waals surface area contributed by atoms with Crippen molar-refractivity contribution in [3.05, 3.63) is 29.8 Å². The number of ketones is 1. The summed E-state index contributed by atoms with van der Waals surface area (Å²) in [6.45, 7) is 7.17. The molecule has 0 spiro atoms. The predicted octanol–water partition coefficient (Wildman–Crippen LogP) is 4.28. The maximum Gasteiger partial charge on any atom is 0.180 e. The molecule has 0 amide bonds. The van der Waals surface area contributed by atoms with E-state index in [0.29, 0.717) is 17.1 Å². The van der Waals surface area contributed by atoms with Crippen molar-refractivity contribution < 1.29 is 9.53 Å². The molecule has 0 radical (unpaired) electrons. The lowest BCUT2D eigenvalue weighted by Crippen LogP contribution is -2.31. The van der Waals surface area contributed by atoms with E-state index in [1.54, 1.807) is 11.8 Å². The molecule has 110 valence electrons. The van der Waals surface area contributed by atoms with Crippen LogP contribution < -0.4 is 4.74 Å². The first-order chi connectivity index (χ1) is 9.63. The van der Waals surface area contributed by atoms with Gasteiger partial charge >= 0.3 is 0 Å². The van der Waals surface area contributed by atoms with E-state index in [0.717, 1.165) is 23.5 Å². The molecule has 3 atom stereocenters. The highest BCUT2D eigenvalue weighted by atomic mass is 32.2. The van der Waals surface area contributed by atoms with Crippen LogP contribution in [0.5, 0.6) is 5.75 Å². The molecule has 1 aliphatic heterocycles. The largest absolute Gasteiger partial charge is 0.493 e. The summed E-state index contributed by atoms with van der Waals surface area (Å²) in [7, 11) is 0. The third kappa shape index (κ3) is 3.73. The van der Waals surface area contributed by atoms with Crippen molar-refractivity contribution in [1.29, 1.82) is 0 Å². The summed E-state index contributed by atoms with van der Waals surface area (Å²) < 4.78 is 5.71. The second-order valence-electron chi connectivity index (χ2n) is 5.08. The lowest BCUT2D eigenvalue weighted by Gasteiger charge is -2.30. The highest BCUT2D eigenvalue weighted by Crippen LogP contribution is 2.38. The minimum Gasteiger partial charge on any atom is -0.493 e. The fourth-order valence-corrected chi connectivity index (χ4v) is 4.97. The van der Waals surface area contributed by atoms with E-state index in [9.17, 15) is 4.79 Å². The van der Waals surface area contributed by atoms with Gasteiger partial charge in [-0.05, 0) is 18.6 Å². The number of benzene rings is 1. The number of para-hydroxylation sites is 1. The maximum atomic E-state index is 12.7. The zero-order chi connectivity index (χ0) is 14.5. The molecule has 1 heterocycles. The van der Waals surface area contributed by atoms with Crippen LogP contribution in [0.4, 0.5) is 0 Å². The van der Waals surface area contributed by atoms with Crippen LogP contribution in [0.25, 0.3) is 0 Å². The predicted molar refractivity (Wildman–Crippen MR) is 89.3 cm³/mol. The minimum atomic E-state index is 0.0533. The summed E-state index contributed by atoms with van der Waals surface area (Å²) in [5.41, 5.74) is 0.737. The monoisotopic (exact) mass is 310 g/mol. The Morgan fingerprint density at radius 1 is 1.30 bits per heavy atom. The molecule has 0 N–H and O–H groups in total. The van der Waals surface area contributed by atoms with Crippen molar-refractivity contribution in [3.63, 3.8) is 0 Å². The normalized spacial score (nSPS) is 26.2. The lowest BCUT2D eigenvalue weighted by molar-refractivity contribution is 0.0991. The topological polar surface area (TPSA) is 26.3 Å². The van der Waals surface area contributed by atoms with Gasteiger partial charge in [0, 0.05) is 16.3 Å². The number of carbonyl (C=O) groups excluding carboxylic acids is 1. The molecule has 2 rings (SSSR count). The molecular weight excluding hydrogens is 288 g/mol. The molecule has 4 heteroatoms. The van der Waals surface area contributed by atoms with Gasteiger partial charge in [-0.15, -0.1) is 11.8 Å². The van der Waals surface area contributed by atoms with E-state index >= 15 is 0 Å². The summed E-state index contributed by atoms with van der Waals surface area (Å²) in [4.78, 5) is 12.7. The van der Waals surface area contributed by atoms with Crippen LogP contribution in [0.15, 0.2) is 24.3 Å². The van der Waals surface area contributed by atoms with Crippen LogP contribution in [0, 0.1) is 0 Å². The Morgan fingerprint density at radius 3 is 2.75 bits per heavy atom. The van der Waals surface area contributed by atoms with E-state index in [2.05, 4.69) is 20.8 Å². The van der Waals surface area contributed by atoms with Crippen LogP contribution in [-0.2, 0) is 0 Å². The van der Waals surface area contributed by atoms with E-state index < -0.39 is 0 Å². The third-order valence-electron chi connectivity index (χ3n) is 3.46. The molecule has 20 heavy (non-hydrogen) atoms. The van der Waals surface area contributed by atoms with E-state index in [4.69, 9.17) is 4.74 Å². The van der Waals surface area contributed by atoms with Crippen molar-refractivity contribution in [2.75, 3.05) is 12.4 Å². The summed E-state index contributed by atoms with van der Waals surface area (Å²) in [6, 6.07) is 7.63. The molecule has 0 saturated carbocycles. The van der Waals surface area contributed by atoms with Gasteiger partial charge in [0.15, 0.2) is 5.78 Å². The quantitative estimate of drug-likeness (QED) is 0.758. The van der Waals surface area contributed by atoms with E-state index in [1.807, 2.05) is 36.0 Å². The highest BCUT2D eigenvalue weighted by Gasteiger charge is 2.31. The van der Waals surface area contributed by atoms with Crippen LogP contribution >= 0.6 is 23.5 Å². The Balaban J connectivity index is 2.12. The van der Waals surface area contributed by atoms with Gasteiger partial charge < -0.3 is 4.74 Å². The highest BCUT2D eigenvalue weighted by molar-refractivity contribution is 8.08. The first-order valence-electron chi connectivity index (χ1n) is 7.16. The number of carbonyl (C=O) groups is 1. The summed E-state index contributed by atoms with van der Waals surface area (Å²) >= 11 is 3.70. The SMILES string of the molecule is CCCOc1ccccc1C(=O)C1CSC(C)C(C)S1. The zero-order valence-electron chi connectivity index (χ0n) is 12.3. The fourth-order valence-electron chi connectivity index (χ4n) is 2.10. The van der Waals surface area contributed by atoms with Crippen molar-refractivity contribution >= 4 is 29.3 Å². The van der Waals surface area contributed by atoms with E-state index in [1.165, 1.54) is 0 Å². The Morgan fingerprint density at radius 2 is 2.05 bits per heavy atom. The van der Waals surface area contributed by atoms with Crippen LogP contribution in [0.1, 0.15) is 37.6 Å². The number of ether oxygens (including phenoxy) is 1. The number of hydrogen-bond donors (Lipinski definition) is 0. The summed E-state index contributed by atoms with van der Waals surface area (Å²) in [5, 5.41) is 1.19. The van der Waals surface area contributed by atoms with Crippen LogP contribution in [0.3, 0.4) is 0 Å². The molecule has 1 aromatic rings. The number of hydrogen-bond acceptors (Lipinski definition) is 4. The smallest absolute Gasteiger partial charge is 0.180 e. The molecular formula is C16H22O2S2. The van der Waals surface area contributed by atoms with Crippen molar-refractivity contribution in [2.45, 2.75) is 42.9 Å². The van der Waals surface area contributed by atoms with Crippen molar-refractivity contribution in [3.8, 4) is 5.75 Å². The number of Topliss-reactive ketones (excluding diaryl/α,β-unsaturated/α-hetero) is 1. The van der Waals surface area contributed by atoms with Gasteiger partial charge in [0.25, 0.3) is 0 Å². The van der Waals surface area contributed by atoms with Crippen molar-refractivity contribution in [2.24, 2.45) is 0 Å². The maximum absolute atomic E-state index is 12.7. The average molecular weight is 310 g/mol. The van der Waals surface area contributed by atoms with Gasteiger partial charge in [-0.3, -0.25) is 4.79 Å². The molecule has 1 fully saturated rings. The Labute approximate surface area is 130 Å². The summed E-state index contributed by atoms with van der Waals surface area (Å²) in [6.07, 6.45) is 0.950. The first-order valence-corrected chi connectivity index (χ1v) is 9.15. The third-order valence-corrected chi connectivity index (χ3v) is 6.85. The molecule has 2 nitrogen and oxygen atoms in total. The molecule has 1 aromatic carbocycles. The minimum absolute atomic E-state index is 0.0533. The Hall–Kier alpha value is -0.610. The molecule has 3 unspecified atom stereocenters. The van der Waals surface area contributed by atoms with Gasteiger partial charge in [0.1, 0.15) is 5.75 Å². The van der Waals surface area contributed by atoms with Crippen molar-refractivity contribution in [1.82, 2.24) is 0 Å². The first kappa shape index (κ1) is 15.8. The molecule has 0 aliphatic carbocycles. The molecule has 1 aliphatic rings. The molecule has 0 bridgehead atoms. The fraction of sp³-hybridized carbons (Fsp3) is 0.562. The number of thioether (sulfide) groups is 2. The zero-order valence-corrected chi connectivity index (χ0v) is 13.9. The van der Waals surface area contributed by atoms with Gasteiger partial charge in [-0.2, -0.15) is 11.8 Å². The molecule has 0 aromatic heterocycles. The van der Waals surface area contributed by atoms with E-state index in [-0.39, 0.29) is 11.0 Å². The second-order valence-corrected chi connectivity index (χ2v) is 8.07.